The molecule has 0 aromatic heterocycles. The van der Waals surface area contributed by atoms with E-state index in [2.05, 4.69) is 0 Å². The van der Waals surface area contributed by atoms with Crippen LogP contribution in [0, 0.1) is 11.6 Å². The van der Waals surface area contributed by atoms with Gasteiger partial charge < -0.3 is 4.74 Å². The van der Waals surface area contributed by atoms with Crippen molar-refractivity contribution in [3.63, 3.8) is 0 Å². The molecule has 0 spiro atoms. The number of sulfone groups is 1. The third-order valence-electron chi connectivity index (χ3n) is 1.94. The van der Waals surface area contributed by atoms with Crippen LogP contribution < -0.4 is 4.74 Å². The van der Waals surface area contributed by atoms with Crippen LogP contribution in [0.15, 0.2) is 17.0 Å². The van der Waals surface area contributed by atoms with Crippen LogP contribution in [0.3, 0.4) is 0 Å². The van der Waals surface area contributed by atoms with Gasteiger partial charge in [0.25, 0.3) is 9.05 Å². The van der Waals surface area contributed by atoms with Crippen LogP contribution in [0.2, 0.25) is 0 Å². The van der Waals surface area contributed by atoms with Crippen LogP contribution in [-0.4, -0.2) is 35.5 Å². The lowest BCUT2D eigenvalue weighted by atomic mass is 10.3. The van der Waals surface area contributed by atoms with E-state index in [-0.39, 0.29) is 0 Å². The smallest absolute Gasteiger partial charge is 0.265 e. The van der Waals surface area contributed by atoms with Gasteiger partial charge in [-0.25, -0.2) is 25.6 Å². The fourth-order valence-corrected chi connectivity index (χ4v) is 2.51. The van der Waals surface area contributed by atoms with Gasteiger partial charge in [0.15, 0.2) is 21.4 Å². The van der Waals surface area contributed by atoms with E-state index in [0.717, 1.165) is 6.26 Å². The van der Waals surface area contributed by atoms with Crippen molar-refractivity contribution in [2.24, 2.45) is 0 Å². The Morgan fingerprint density at radius 2 is 1.79 bits per heavy atom. The predicted molar refractivity (Wildman–Crippen MR) is 64.6 cm³/mol. The average molecular weight is 335 g/mol. The van der Waals surface area contributed by atoms with Crippen LogP contribution in [-0.2, 0) is 18.9 Å². The second-order valence-electron chi connectivity index (χ2n) is 3.63. The van der Waals surface area contributed by atoms with E-state index in [1.165, 1.54) is 0 Å². The van der Waals surface area contributed by atoms with Crippen LogP contribution in [0.1, 0.15) is 0 Å². The minimum absolute atomic E-state index is 0.404. The first-order valence-electron chi connectivity index (χ1n) is 4.75. The minimum atomic E-state index is -4.43. The number of benzene rings is 1. The maximum absolute atomic E-state index is 13.4. The van der Waals surface area contributed by atoms with Crippen molar-refractivity contribution in [2.45, 2.75) is 4.90 Å². The fraction of sp³-hybridized carbons (Fsp3) is 0.333. The van der Waals surface area contributed by atoms with E-state index in [1.54, 1.807) is 0 Å². The molecule has 19 heavy (non-hydrogen) atoms. The predicted octanol–water partition coefficient (Wildman–Crippen LogP) is 1.32. The molecule has 1 aromatic carbocycles. The summed E-state index contributed by atoms with van der Waals surface area (Å²) in [6.07, 6.45) is 0.927. The lowest BCUT2D eigenvalue weighted by molar-refractivity contribution is 0.311. The highest BCUT2D eigenvalue weighted by Crippen LogP contribution is 2.30. The summed E-state index contributed by atoms with van der Waals surface area (Å²) >= 11 is 0. The second-order valence-corrected chi connectivity index (χ2v) is 8.43. The molecule has 0 aliphatic rings. The van der Waals surface area contributed by atoms with E-state index in [9.17, 15) is 25.6 Å². The van der Waals surface area contributed by atoms with E-state index < -0.39 is 53.5 Å². The molecular formula is C9H9ClF2O5S2. The first-order valence-corrected chi connectivity index (χ1v) is 9.12. The molecule has 1 aromatic rings. The molecule has 0 saturated carbocycles. The molecular weight excluding hydrogens is 326 g/mol. The summed E-state index contributed by atoms with van der Waals surface area (Å²) in [6, 6.07) is 0.891. The zero-order valence-electron chi connectivity index (χ0n) is 9.56. The van der Waals surface area contributed by atoms with Gasteiger partial charge in [-0.1, -0.05) is 0 Å². The number of ether oxygens (including phenoxy) is 1. The third kappa shape index (κ3) is 4.92. The van der Waals surface area contributed by atoms with Crippen LogP contribution in [0.5, 0.6) is 5.75 Å². The zero-order chi connectivity index (χ0) is 14.8. The molecule has 0 amide bonds. The number of hydrogen-bond donors (Lipinski definition) is 0. The van der Waals surface area contributed by atoms with Crippen LogP contribution in [0.4, 0.5) is 8.78 Å². The van der Waals surface area contributed by atoms with Gasteiger partial charge in [0.1, 0.15) is 17.3 Å². The second kappa shape index (κ2) is 5.59. The third-order valence-corrected chi connectivity index (χ3v) is 4.17. The molecule has 0 atom stereocenters. The van der Waals surface area contributed by atoms with Gasteiger partial charge in [-0.15, -0.1) is 0 Å². The number of rotatable bonds is 5. The van der Waals surface area contributed by atoms with Gasteiger partial charge in [-0.2, -0.15) is 0 Å². The SMILES string of the molecule is CS(=O)(=O)CCOc1c(F)cc(F)cc1S(=O)(=O)Cl. The largest absolute Gasteiger partial charge is 0.488 e. The molecule has 0 N–H and O–H groups in total. The zero-order valence-corrected chi connectivity index (χ0v) is 11.9. The summed E-state index contributed by atoms with van der Waals surface area (Å²) < 4.78 is 75.1. The molecule has 1 rings (SSSR count). The molecule has 0 aliphatic carbocycles. The topological polar surface area (TPSA) is 77.5 Å². The Balaban J connectivity index is 3.13. The molecule has 0 bridgehead atoms. The molecule has 10 heteroatoms. The Labute approximate surface area is 113 Å². The summed E-state index contributed by atoms with van der Waals surface area (Å²) in [6.45, 7) is -0.485. The fourth-order valence-electron chi connectivity index (χ4n) is 1.15. The first-order chi connectivity index (χ1) is 8.50. The van der Waals surface area contributed by atoms with Gasteiger partial charge in [-0.05, 0) is 6.07 Å². The summed E-state index contributed by atoms with van der Waals surface area (Å²) in [5.41, 5.74) is 0. The highest BCUT2D eigenvalue weighted by Gasteiger charge is 2.22. The van der Waals surface area contributed by atoms with Gasteiger partial charge in [0, 0.05) is 23.0 Å². The van der Waals surface area contributed by atoms with Crippen molar-refractivity contribution in [1.82, 2.24) is 0 Å². The summed E-state index contributed by atoms with van der Waals surface area (Å²) in [4.78, 5) is -0.889. The molecule has 0 saturated heterocycles. The van der Waals surface area contributed by atoms with Crippen molar-refractivity contribution in [1.29, 1.82) is 0 Å². The van der Waals surface area contributed by atoms with Crippen molar-refractivity contribution in [2.75, 3.05) is 18.6 Å². The lowest BCUT2D eigenvalue weighted by Gasteiger charge is -2.10. The standard InChI is InChI=1S/C9H9ClF2O5S2/c1-18(13,14)3-2-17-9-7(12)4-6(11)5-8(9)19(10,15)16/h4-5H,2-3H2,1H3. The van der Waals surface area contributed by atoms with Crippen molar-refractivity contribution in [3.05, 3.63) is 23.8 Å². The highest BCUT2D eigenvalue weighted by molar-refractivity contribution is 8.13. The number of hydrogen-bond acceptors (Lipinski definition) is 5. The van der Waals surface area contributed by atoms with Gasteiger partial charge >= 0.3 is 0 Å². The molecule has 0 unspecified atom stereocenters. The first kappa shape index (κ1) is 16.1. The van der Waals surface area contributed by atoms with Crippen molar-refractivity contribution >= 4 is 29.6 Å². The van der Waals surface area contributed by atoms with E-state index in [0.29, 0.717) is 12.1 Å². The van der Waals surface area contributed by atoms with E-state index >= 15 is 0 Å². The van der Waals surface area contributed by atoms with Crippen LogP contribution in [0.25, 0.3) is 0 Å². The van der Waals surface area contributed by atoms with Crippen molar-refractivity contribution < 1.29 is 30.4 Å². The van der Waals surface area contributed by atoms with Crippen molar-refractivity contribution in [3.8, 4) is 5.75 Å². The summed E-state index contributed by atoms with van der Waals surface area (Å²) in [5, 5.41) is 0. The van der Waals surface area contributed by atoms with E-state index in [1.807, 2.05) is 0 Å². The minimum Gasteiger partial charge on any atom is -0.488 e. The Bertz CT molecular complexity index is 685. The quantitative estimate of drug-likeness (QED) is 0.759. The molecule has 5 nitrogen and oxygen atoms in total. The molecule has 0 aliphatic heterocycles. The Morgan fingerprint density at radius 1 is 1.21 bits per heavy atom. The normalized spacial score (nSPS) is 12.4. The maximum atomic E-state index is 13.4. The molecule has 0 heterocycles. The van der Waals surface area contributed by atoms with Gasteiger partial charge in [0.2, 0.25) is 0 Å². The molecule has 0 fully saturated rings. The van der Waals surface area contributed by atoms with E-state index in [4.69, 9.17) is 15.4 Å². The Morgan fingerprint density at radius 3 is 2.26 bits per heavy atom. The number of halogens is 3. The summed E-state index contributed by atoms with van der Waals surface area (Å²) in [7, 11) is -2.78. The molecule has 108 valence electrons. The van der Waals surface area contributed by atoms with Crippen LogP contribution >= 0.6 is 10.7 Å². The Kier molecular flexibility index (Phi) is 4.75. The van der Waals surface area contributed by atoms with Gasteiger partial charge in [-0.3, -0.25) is 0 Å². The Hall–Kier alpha value is -0.930. The molecule has 0 radical (unpaired) electrons. The average Bonchev–Trinajstić information content (AvgIpc) is 2.17. The summed E-state index contributed by atoms with van der Waals surface area (Å²) in [5.74, 6) is -3.69. The maximum Gasteiger partial charge on any atom is 0.265 e. The highest BCUT2D eigenvalue weighted by atomic mass is 35.7. The lowest BCUT2D eigenvalue weighted by Crippen LogP contribution is -2.14. The monoisotopic (exact) mass is 334 g/mol. The van der Waals surface area contributed by atoms with Gasteiger partial charge in [0.05, 0.1) is 5.75 Å².